The summed E-state index contributed by atoms with van der Waals surface area (Å²) in [5.74, 6) is 0.677. The number of hydrogen-bond donors (Lipinski definition) is 1. The maximum absolute atomic E-state index is 12.1. The number of aliphatic hydroxyl groups excluding tert-OH is 1. The second-order valence-corrected chi connectivity index (χ2v) is 6.26. The molecule has 1 heterocycles. The van der Waals surface area contributed by atoms with Gasteiger partial charge < -0.3 is 9.67 Å². The molecule has 104 valence electrons. The lowest BCUT2D eigenvalue weighted by atomic mass is 10.5. The number of hydrogen-bond acceptors (Lipinski definition) is 4. The lowest BCUT2D eigenvalue weighted by Gasteiger charge is -2.23. The lowest BCUT2D eigenvalue weighted by molar-refractivity contribution is 0.272. The highest BCUT2D eigenvalue weighted by molar-refractivity contribution is 7.86. The van der Waals surface area contributed by atoms with Crippen LogP contribution in [0.2, 0.25) is 0 Å². The number of aromatic nitrogens is 2. The smallest absolute Gasteiger partial charge is 0.281 e. The summed E-state index contributed by atoms with van der Waals surface area (Å²) in [5.41, 5.74) is 0. The molecule has 0 saturated heterocycles. The van der Waals surface area contributed by atoms with Crippen molar-refractivity contribution in [2.75, 3.05) is 27.2 Å². The molecule has 0 aliphatic carbocycles. The minimum absolute atomic E-state index is 0.0249. The Morgan fingerprint density at radius 1 is 1.39 bits per heavy atom. The topological polar surface area (TPSA) is 78.7 Å². The fourth-order valence-electron chi connectivity index (χ4n) is 1.48. The van der Waals surface area contributed by atoms with Crippen LogP contribution in [0.5, 0.6) is 0 Å². The van der Waals surface area contributed by atoms with E-state index < -0.39 is 10.2 Å². The summed E-state index contributed by atoms with van der Waals surface area (Å²) in [5, 5.41) is 8.71. The number of nitrogens with zero attached hydrogens (tertiary/aromatic N) is 4. The van der Waals surface area contributed by atoms with Crippen LogP contribution in [0, 0.1) is 0 Å². The standard InChI is InChI=1S/C10H20N4O3S/c1-12-7-5-11-10(12)9-14(3)18(16,17)13(2)6-4-8-15/h5,7,15H,4,6,8-9H2,1-3H3. The molecule has 0 saturated carbocycles. The molecule has 18 heavy (non-hydrogen) atoms. The molecule has 0 unspecified atom stereocenters. The largest absolute Gasteiger partial charge is 0.396 e. The Morgan fingerprint density at radius 3 is 2.56 bits per heavy atom. The van der Waals surface area contributed by atoms with Gasteiger partial charge in [0.2, 0.25) is 0 Å². The zero-order chi connectivity index (χ0) is 13.8. The van der Waals surface area contributed by atoms with Gasteiger partial charge >= 0.3 is 0 Å². The van der Waals surface area contributed by atoms with Gasteiger partial charge in [-0.15, -0.1) is 0 Å². The van der Waals surface area contributed by atoms with Gasteiger partial charge in [0.1, 0.15) is 5.82 Å². The van der Waals surface area contributed by atoms with Gasteiger partial charge in [-0.1, -0.05) is 0 Å². The molecule has 7 nitrogen and oxygen atoms in total. The Morgan fingerprint density at radius 2 is 2.06 bits per heavy atom. The highest BCUT2D eigenvalue weighted by Gasteiger charge is 2.24. The molecular weight excluding hydrogens is 256 g/mol. The highest BCUT2D eigenvalue weighted by atomic mass is 32.2. The van der Waals surface area contributed by atoms with Gasteiger partial charge in [-0.25, -0.2) is 4.98 Å². The molecule has 0 aromatic carbocycles. The van der Waals surface area contributed by atoms with Crippen molar-refractivity contribution in [3.05, 3.63) is 18.2 Å². The Labute approximate surface area is 108 Å². The van der Waals surface area contributed by atoms with E-state index in [0.717, 1.165) is 0 Å². The number of rotatable bonds is 7. The van der Waals surface area contributed by atoms with E-state index in [1.54, 1.807) is 17.0 Å². The first-order valence-corrected chi connectivity index (χ1v) is 7.04. The van der Waals surface area contributed by atoms with Gasteiger partial charge in [0.15, 0.2) is 0 Å². The van der Waals surface area contributed by atoms with E-state index in [2.05, 4.69) is 4.98 Å². The molecule has 0 bridgehead atoms. The normalized spacial score (nSPS) is 12.6. The van der Waals surface area contributed by atoms with Crippen LogP contribution in [0.15, 0.2) is 12.4 Å². The number of imidazole rings is 1. The molecule has 0 aliphatic rings. The average Bonchev–Trinajstić information content (AvgIpc) is 2.71. The summed E-state index contributed by atoms with van der Waals surface area (Å²) in [6.07, 6.45) is 3.82. The summed E-state index contributed by atoms with van der Waals surface area (Å²) >= 11 is 0. The Balaban J connectivity index is 2.70. The minimum atomic E-state index is -3.50. The first-order chi connectivity index (χ1) is 8.39. The summed E-state index contributed by atoms with van der Waals surface area (Å²) in [4.78, 5) is 4.09. The third-order valence-electron chi connectivity index (χ3n) is 2.70. The third kappa shape index (κ3) is 3.52. The average molecular weight is 276 g/mol. The molecule has 1 N–H and O–H groups in total. The van der Waals surface area contributed by atoms with Crippen LogP contribution in [0.4, 0.5) is 0 Å². The fourth-order valence-corrected chi connectivity index (χ4v) is 2.59. The van der Waals surface area contributed by atoms with Crippen LogP contribution >= 0.6 is 0 Å². The SMILES string of the molecule is CN(CCCO)S(=O)(=O)N(C)Cc1nccn1C. The van der Waals surface area contributed by atoms with Crippen LogP contribution in [0.25, 0.3) is 0 Å². The molecule has 1 aromatic rings. The van der Waals surface area contributed by atoms with Crippen LogP contribution < -0.4 is 0 Å². The molecule has 1 aromatic heterocycles. The Bertz CT molecular complexity index is 471. The second-order valence-electron chi connectivity index (χ2n) is 4.12. The van der Waals surface area contributed by atoms with Crippen molar-refractivity contribution < 1.29 is 13.5 Å². The molecular formula is C10H20N4O3S. The van der Waals surface area contributed by atoms with Crippen molar-refractivity contribution in [2.24, 2.45) is 7.05 Å². The fraction of sp³-hybridized carbons (Fsp3) is 0.700. The van der Waals surface area contributed by atoms with Crippen molar-refractivity contribution in [3.63, 3.8) is 0 Å². The van der Waals surface area contributed by atoms with E-state index in [0.29, 0.717) is 18.8 Å². The van der Waals surface area contributed by atoms with Gasteiger partial charge in [0, 0.05) is 46.7 Å². The summed E-state index contributed by atoms with van der Waals surface area (Å²) in [7, 11) is 1.33. The molecule has 0 aliphatic heterocycles. The van der Waals surface area contributed by atoms with Crippen LogP contribution in [0.1, 0.15) is 12.2 Å². The quantitative estimate of drug-likeness (QED) is 0.722. The molecule has 0 spiro atoms. The summed E-state index contributed by atoms with van der Waals surface area (Å²) in [6.45, 7) is 0.488. The van der Waals surface area contributed by atoms with Crippen molar-refractivity contribution in [2.45, 2.75) is 13.0 Å². The monoisotopic (exact) mass is 276 g/mol. The molecule has 0 atom stereocenters. The van der Waals surface area contributed by atoms with Gasteiger partial charge in [0.05, 0.1) is 6.54 Å². The summed E-state index contributed by atoms with van der Waals surface area (Å²) < 4.78 is 28.5. The maximum atomic E-state index is 12.1. The maximum Gasteiger partial charge on any atom is 0.281 e. The highest BCUT2D eigenvalue weighted by Crippen LogP contribution is 2.08. The van der Waals surface area contributed by atoms with Crippen LogP contribution in [-0.4, -0.2) is 58.9 Å². The van der Waals surface area contributed by atoms with Gasteiger partial charge in [0.25, 0.3) is 10.2 Å². The minimum Gasteiger partial charge on any atom is -0.396 e. The predicted molar refractivity (Wildman–Crippen MR) is 67.9 cm³/mol. The van der Waals surface area contributed by atoms with E-state index in [1.165, 1.54) is 22.7 Å². The lowest BCUT2D eigenvalue weighted by Crippen LogP contribution is -2.40. The molecule has 0 radical (unpaired) electrons. The van der Waals surface area contributed by atoms with Gasteiger partial charge in [-0.2, -0.15) is 17.0 Å². The Hall–Kier alpha value is -0.960. The Kier molecular flexibility index (Phi) is 5.27. The van der Waals surface area contributed by atoms with E-state index in [-0.39, 0.29) is 13.2 Å². The number of aliphatic hydroxyl groups is 1. The number of aryl methyl sites for hydroxylation is 1. The van der Waals surface area contributed by atoms with Gasteiger partial charge in [-0.05, 0) is 6.42 Å². The van der Waals surface area contributed by atoms with Crippen LogP contribution in [-0.2, 0) is 23.8 Å². The third-order valence-corrected chi connectivity index (χ3v) is 4.59. The first-order valence-electron chi connectivity index (χ1n) is 5.64. The van der Waals surface area contributed by atoms with Crippen LogP contribution in [0.3, 0.4) is 0 Å². The van der Waals surface area contributed by atoms with E-state index in [1.807, 2.05) is 7.05 Å². The van der Waals surface area contributed by atoms with Crippen molar-refractivity contribution in [1.82, 2.24) is 18.2 Å². The molecule has 1 rings (SSSR count). The molecule has 0 amide bonds. The zero-order valence-corrected chi connectivity index (χ0v) is 11.8. The summed E-state index contributed by atoms with van der Waals surface area (Å²) in [6, 6.07) is 0. The predicted octanol–water partition coefficient (Wildman–Crippen LogP) is -0.589. The zero-order valence-electron chi connectivity index (χ0n) is 10.9. The first kappa shape index (κ1) is 15.1. The van der Waals surface area contributed by atoms with Crippen molar-refractivity contribution in [1.29, 1.82) is 0 Å². The second kappa shape index (κ2) is 6.28. The van der Waals surface area contributed by atoms with E-state index >= 15 is 0 Å². The molecule has 8 heteroatoms. The van der Waals surface area contributed by atoms with E-state index in [9.17, 15) is 8.42 Å². The van der Waals surface area contributed by atoms with Crippen molar-refractivity contribution in [3.8, 4) is 0 Å². The van der Waals surface area contributed by atoms with Crippen molar-refractivity contribution >= 4 is 10.2 Å². The van der Waals surface area contributed by atoms with E-state index in [4.69, 9.17) is 5.11 Å². The van der Waals surface area contributed by atoms with Gasteiger partial charge in [-0.3, -0.25) is 0 Å². The molecule has 0 fully saturated rings.